The average Bonchev–Trinajstić information content (AvgIpc) is 2.65. The van der Waals surface area contributed by atoms with E-state index in [9.17, 15) is 20.0 Å². The predicted molar refractivity (Wildman–Crippen MR) is 97.6 cm³/mol. The van der Waals surface area contributed by atoms with E-state index in [0.29, 0.717) is 16.8 Å². The van der Waals surface area contributed by atoms with Gasteiger partial charge in [-0.3, -0.25) is 10.1 Å². The lowest BCUT2D eigenvalue weighted by molar-refractivity contribution is -0.385. The number of benzene rings is 2. The molecule has 2 aromatic carbocycles. The first kappa shape index (κ1) is 18.7. The van der Waals surface area contributed by atoms with Crippen molar-refractivity contribution in [3.8, 4) is 6.07 Å². The van der Waals surface area contributed by atoms with E-state index in [4.69, 9.17) is 5.26 Å². The smallest absolute Gasteiger partial charge is 0.334 e. The molecule has 0 aliphatic carbocycles. The summed E-state index contributed by atoms with van der Waals surface area (Å²) in [6.45, 7) is 5.29. The van der Waals surface area contributed by atoms with Crippen LogP contribution in [0, 0.1) is 21.4 Å². The van der Waals surface area contributed by atoms with E-state index in [1.807, 2.05) is 6.07 Å². The monoisotopic (exact) mass is 351 g/mol. The van der Waals surface area contributed by atoms with Crippen molar-refractivity contribution in [2.75, 3.05) is 5.32 Å². The highest BCUT2D eigenvalue weighted by Gasteiger charge is 2.40. The highest BCUT2D eigenvalue weighted by atomic mass is 16.6. The van der Waals surface area contributed by atoms with Crippen molar-refractivity contribution < 1.29 is 14.8 Å². The SMILES string of the molecule is C=Cc1cc([N+](=O)[O-])cc(C(CC)(Nc2ccc(C#N)cc2)C(=O)O)c1. The summed E-state index contributed by atoms with van der Waals surface area (Å²) in [4.78, 5) is 22.8. The van der Waals surface area contributed by atoms with Gasteiger partial charge in [0.1, 0.15) is 0 Å². The Morgan fingerprint density at radius 2 is 2.04 bits per heavy atom. The van der Waals surface area contributed by atoms with Gasteiger partial charge in [-0.15, -0.1) is 0 Å². The van der Waals surface area contributed by atoms with E-state index in [0.717, 1.165) is 0 Å². The highest BCUT2D eigenvalue weighted by molar-refractivity contribution is 5.85. The molecular weight excluding hydrogens is 334 g/mol. The molecule has 0 aliphatic heterocycles. The van der Waals surface area contributed by atoms with Crippen LogP contribution in [-0.4, -0.2) is 16.0 Å². The molecule has 2 N–H and O–H groups in total. The number of hydrogen-bond acceptors (Lipinski definition) is 5. The number of nitriles is 1. The van der Waals surface area contributed by atoms with Crippen LogP contribution in [0.1, 0.15) is 30.0 Å². The minimum Gasteiger partial charge on any atom is -0.479 e. The number of nitro groups is 1. The Morgan fingerprint density at radius 1 is 1.38 bits per heavy atom. The second-order valence-corrected chi connectivity index (χ2v) is 5.65. The Bertz CT molecular complexity index is 900. The van der Waals surface area contributed by atoms with Gasteiger partial charge in [-0.05, 0) is 47.9 Å². The number of nitrogens with one attached hydrogen (secondary N) is 1. The molecule has 7 nitrogen and oxygen atoms in total. The molecule has 1 atom stereocenters. The fourth-order valence-electron chi connectivity index (χ4n) is 2.67. The van der Waals surface area contributed by atoms with Crippen molar-refractivity contribution in [1.82, 2.24) is 0 Å². The molecule has 2 aromatic rings. The van der Waals surface area contributed by atoms with Gasteiger partial charge >= 0.3 is 5.97 Å². The van der Waals surface area contributed by atoms with E-state index >= 15 is 0 Å². The van der Waals surface area contributed by atoms with E-state index in [-0.39, 0.29) is 17.7 Å². The van der Waals surface area contributed by atoms with Gasteiger partial charge in [-0.1, -0.05) is 19.6 Å². The van der Waals surface area contributed by atoms with Crippen LogP contribution < -0.4 is 5.32 Å². The minimum atomic E-state index is -1.57. The van der Waals surface area contributed by atoms with Crippen molar-refractivity contribution in [2.45, 2.75) is 18.9 Å². The lowest BCUT2D eigenvalue weighted by atomic mass is 9.85. The largest absolute Gasteiger partial charge is 0.479 e. The molecule has 26 heavy (non-hydrogen) atoms. The van der Waals surface area contributed by atoms with Crippen LogP contribution in [0.15, 0.2) is 49.0 Å². The van der Waals surface area contributed by atoms with Crippen LogP contribution in [0.25, 0.3) is 6.08 Å². The molecule has 0 saturated carbocycles. The van der Waals surface area contributed by atoms with E-state index in [1.54, 1.807) is 37.3 Å². The third kappa shape index (κ3) is 3.54. The molecule has 0 aliphatic rings. The third-order valence-corrected chi connectivity index (χ3v) is 4.15. The van der Waals surface area contributed by atoms with Crippen LogP contribution in [0.4, 0.5) is 11.4 Å². The standard InChI is InChI=1S/C19H17N3O4/c1-3-13-9-15(11-17(10-13)22(25)26)19(4-2,18(23)24)21-16-7-5-14(12-20)6-8-16/h3,5-11,21H,1,4H2,2H3,(H,23,24). The molecule has 0 amide bonds. The van der Waals surface area contributed by atoms with Gasteiger partial charge in [0.2, 0.25) is 0 Å². The topological polar surface area (TPSA) is 116 Å². The first-order valence-electron chi connectivity index (χ1n) is 7.80. The second-order valence-electron chi connectivity index (χ2n) is 5.65. The summed E-state index contributed by atoms with van der Waals surface area (Å²) in [6.07, 6.45) is 1.57. The van der Waals surface area contributed by atoms with Crippen LogP contribution in [0.2, 0.25) is 0 Å². The molecule has 0 spiro atoms. The molecule has 0 fully saturated rings. The van der Waals surface area contributed by atoms with E-state index in [2.05, 4.69) is 11.9 Å². The average molecular weight is 351 g/mol. The lowest BCUT2D eigenvalue weighted by Gasteiger charge is -2.31. The first-order chi connectivity index (χ1) is 12.4. The normalized spacial score (nSPS) is 12.5. The second kappa shape index (κ2) is 7.49. The molecular formula is C19H17N3O4. The lowest BCUT2D eigenvalue weighted by Crippen LogP contribution is -2.43. The van der Waals surface area contributed by atoms with Gasteiger partial charge in [0, 0.05) is 17.8 Å². The van der Waals surface area contributed by atoms with Crippen molar-refractivity contribution >= 4 is 23.4 Å². The van der Waals surface area contributed by atoms with Crippen molar-refractivity contribution in [3.05, 3.63) is 75.8 Å². The molecule has 132 valence electrons. The number of non-ortho nitro benzene ring substituents is 1. The first-order valence-corrected chi connectivity index (χ1v) is 7.80. The van der Waals surface area contributed by atoms with Crippen LogP contribution in [0.5, 0.6) is 0 Å². The maximum absolute atomic E-state index is 12.2. The number of hydrogen-bond donors (Lipinski definition) is 2. The Morgan fingerprint density at radius 3 is 2.50 bits per heavy atom. The summed E-state index contributed by atoms with van der Waals surface area (Å²) in [7, 11) is 0. The fraction of sp³-hybridized carbons (Fsp3) is 0.158. The summed E-state index contributed by atoms with van der Waals surface area (Å²) in [5, 5.41) is 33.0. The zero-order chi connectivity index (χ0) is 19.3. The van der Waals surface area contributed by atoms with Crippen LogP contribution >= 0.6 is 0 Å². The van der Waals surface area contributed by atoms with Gasteiger partial charge in [0.05, 0.1) is 16.6 Å². The van der Waals surface area contributed by atoms with Gasteiger partial charge in [-0.25, -0.2) is 4.79 Å². The number of carbonyl (C=O) groups is 1. The van der Waals surface area contributed by atoms with Crippen molar-refractivity contribution in [2.24, 2.45) is 0 Å². The Kier molecular flexibility index (Phi) is 5.38. The number of aliphatic carboxylic acids is 1. The Hall–Kier alpha value is -3.66. The Labute approximate surface area is 150 Å². The third-order valence-electron chi connectivity index (χ3n) is 4.15. The summed E-state index contributed by atoms with van der Waals surface area (Å²) in [5.74, 6) is -1.17. The van der Waals surface area contributed by atoms with Crippen LogP contribution in [-0.2, 0) is 10.3 Å². The predicted octanol–water partition coefficient (Wildman–Crippen LogP) is 3.91. The summed E-state index contributed by atoms with van der Waals surface area (Å²) >= 11 is 0. The van der Waals surface area contributed by atoms with Gasteiger partial charge < -0.3 is 10.4 Å². The van der Waals surface area contributed by atoms with Crippen molar-refractivity contribution in [1.29, 1.82) is 5.26 Å². The molecule has 0 saturated heterocycles. The number of nitro benzene ring substituents is 1. The summed E-state index contributed by atoms with van der Waals surface area (Å²) in [6, 6.07) is 12.5. The highest BCUT2D eigenvalue weighted by Crippen LogP contribution is 2.33. The van der Waals surface area contributed by atoms with E-state index < -0.39 is 16.4 Å². The molecule has 2 rings (SSSR count). The molecule has 7 heteroatoms. The maximum Gasteiger partial charge on any atom is 0.334 e. The molecule has 0 radical (unpaired) electrons. The number of nitrogens with zero attached hydrogens (tertiary/aromatic N) is 2. The Balaban J connectivity index is 2.60. The van der Waals surface area contributed by atoms with Gasteiger partial charge in [-0.2, -0.15) is 5.26 Å². The van der Waals surface area contributed by atoms with Crippen LogP contribution in [0.3, 0.4) is 0 Å². The summed E-state index contributed by atoms with van der Waals surface area (Å²) in [5.41, 5.74) is -0.149. The van der Waals surface area contributed by atoms with E-state index in [1.165, 1.54) is 18.2 Å². The molecule has 0 heterocycles. The zero-order valence-corrected chi connectivity index (χ0v) is 14.1. The van der Waals surface area contributed by atoms with Crippen molar-refractivity contribution in [3.63, 3.8) is 0 Å². The molecule has 1 unspecified atom stereocenters. The fourth-order valence-corrected chi connectivity index (χ4v) is 2.67. The zero-order valence-electron chi connectivity index (χ0n) is 14.1. The number of anilines is 1. The molecule has 0 aromatic heterocycles. The van der Waals surface area contributed by atoms with Gasteiger partial charge in [0.25, 0.3) is 5.69 Å². The minimum absolute atomic E-state index is 0.139. The number of rotatable bonds is 7. The van der Waals surface area contributed by atoms with Gasteiger partial charge in [0.15, 0.2) is 5.54 Å². The molecule has 0 bridgehead atoms. The number of carboxylic acids is 1. The summed E-state index contributed by atoms with van der Waals surface area (Å²) < 4.78 is 0. The maximum atomic E-state index is 12.2. The number of carboxylic acid groups (broad SMARTS) is 1. The quantitative estimate of drug-likeness (QED) is 0.577.